The van der Waals surface area contributed by atoms with E-state index in [2.05, 4.69) is 20.7 Å². The molecule has 2 N–H and O–H groups in total. The summed E-state index contributed by atoms with van der Waals surface area (Å²) in [4.78, 5) is 10.5. The minimum absolute atomic E-state index is 0.0686. The lowest BCUT2D eigenvalue weighted by atomic mass is 10.2. The first kappa shape index (κ1) is 17.4. The summed E-state index contributed by atoms with van der Waals surface area (Å²) >= 11 is 9.05. The Morgan fingerprint density at radius 2 is 2.20 bits per heavy atom. The first-order valence-corrected chi connectivity index (χ1v) is 8.11. The Balaban J connectivity index is 2.82. The average Bonchev–Trinajstić information content (AvgIpc) is 2.33. The molecule has 0 bridgehead atoms. The number of carboxylic acids is 1. The van der Waals surface area contributed by atoms with Gasteiger partial charge < -0.3 is 9.84 Å². The van der Waals surface area contributed by atoms with Gasteiger partial charge in [-0.1, -0.05) is 27.5 Å². The molecule has 1 aromatic carbocycles. The second-order valence-electron chi connectivity index (χ2n) is 3.88. The fourth-order valence-electron chi connectivity index (χ4n) is 1.41. The quantitative estimate of drug-likeness (QED) is 0.746. The molecule has 0 amide bonds. The van der Waals surface area contributed by atoms with Crippen LogP contribution in [0.5, 0.6) is 0 Å². The molecule has 0 aromatic heterocycles. The van der Waals surface area contributed by atoms with E-state index in [-0.39, 0.29) is 22.9 Å². The molecule has 112 valence electrons. The van der Waals surface area contributed by atoms with Gasteiger partial charge in [0.1, 0.15) is 4.90 Å². The van der Waals surface area contributed by atoms with Crippen molar-refractivity contribution < 1.29 is 23.1 Å². The van der Waals surface area contributed by atoms with Crippen molar-refractivity contribution >= 4 is 43.5 Å². The standard InChI is InChI=1S/C11H13BrClNO5S/c1-19-8(5-11(15)16)6-14-20(17,18)10-3-2-7(12)4-9(10)13/h2-4,8,14H,5-6H2,1H3,(H,15,16). The van der Waals surface area contributed by atoms with E-state index in [4.69, 9.17) is 21.4 Å². The van der Waals surface area contributed by atoms with Crippen molar-refractivity contribution in [3.8, 4) is 0 Å². The van der Waals surface area contributed by atoms with Gasteiger partial charge in [-0.25, -0.2) is 13.1 Å². The lowest BCUT2D eigenvalue weighted by Gasteiger charge is -2.14. The zero-order chi connectivity index (χ0) is 15.3. The number of benzene rings is 1. The lowest BCUT2D eigenvalue weighted by Crippen LogP contribution is -2.34. The number of hydrogen-bond acceptors (Lipinski definition) is 4. The maximum atomic E-state index is 12.1. The molecule has 1 aromatic rings. The summed E-state index contributed by atoms with van der Waals surface area (Å²) in [5, 5.41) is 8.72. The lowest BCUT2D eigenvalue weighted by molar-refractivity contribution is -0.139. The summed E-state index contributed by atoms with van der Waals surface area (Å²) in [6.07, 6.45) is -1.05. The highest BCUT2D eigenvalue weighted by Crippen LogP contribution is 2.25. The van der Waals surface area contributed by atoms with Crippen LogP contribution in [-0.2, 0) is 19.6 Å². The van der Waals surface area contributed by atoms with Crippen LogP contribution in [0.25, 0.3) is 0 Å². The zero-order valence-electron chi connectivity index (χ0n) is 10.5. The van der Waals surface area contributed by atoms with Gasteiger partial charge in [-0.05, 0) is 18.2 Å². The highest BCUT2D eigenvalue weighted by molar-refractivity contribution is 9.10. The second kappa shape index (κ2) is 7.37. The highest BCUT2D eigenvalue weighted by Gasteiger charge is 2.21. The first-order chi connectivity index (χ1) is 9.26. The summed E-state index contributed by atoms with van der Waals surface area (Å²) in [7, 11) is -2.51. The zero-order valence-corrected chi connectivity index (χ0v) is 13.6. The molecule has 0 radical (unpaired) electrons. The molecule has 0 heterocycles. The highest BCUT2D eigenvalue weighted by atomic mass is 79.9. The minimum atomic E-state index is -3.82. The van der Waals surface area contributed by atoms with Crippen LogP contribution in [0.3, 0.4) is 0 Å². The van der Waals surface area contributed by atoms with E-state index in [1.165, 1.54) is 19.2 Å². The molecular formula is C11H13BrClNO5S. The molecule has 0 spiro atoms. The summed E-state index contributed by atoms with van der Waals surface area (Å²) in [6, 6.07) is 4.36. The number of halogens is 2. The van der Waals surface area contributed by atoms with Crippen molar-refractivity contribution in [3.63, 3.8) is 0 Å². The van der Waals surface area contributed by atoms with Crippen molar-refractivity contribution in [1.82, 2.24) is 4.72 Å². The number of hydrogen-bond donors (Lipinski definition) is 2. The molecule has 0 fully saturated rings. The van der Waals surface area contributed by atoms with E-state index in [0.29, 0.717) is 4.47 Å². The van der Waals surface area contributed by atoms with Crippen LogP contribution in [0.4, 0.5) is 0 Å². The van der Waals surface area contributed by atoms with Crippen molar-refractivity contribution in [2.24, 2.45) is 0 Å². The number of ether oxygens (including phenoxy) is 1. The van der Waals surface area contributed by atoms with Gasteiger partial charge >= 0.3 is 5.97 Å². The molecule has 1 rings (SSSR count). The van der Waals surface area contributed by atoms with Gasteiger partial charge in [0.05, 0.1) is 17.5 Å². The molecule has 0 aliphatic rings. The number of aliphatic carboxylic acids is 1. The Hall–Kier alpha value is -0.670. The number of carbonyl (C=O) groups is 1. The van der Waals surface area contributed by atoms with Crippen LogP contribution in [0.15, 0.2) is 27.6 Å². The van der Waals surface area contributed by atoms with Gasteiger partial charge in [0.25, 0.3) is 0 Å². The monoisotopic (exact) mass is 385 g/mol. The fourth-order valence-corrected chi connectivity index (χ4v) is 3.51. The van der Waals surface area contributed by atoms with Crippen molar-refractivity contribution in [3.05, 3.63) is 27.7 Å². The van der Waals surface area contributed by atoms with Crippen LogP contribution in [0.1, 0.15) is 6.42 Å². The number of carboxylic acid groups (broad SMARTS) is 1. The van der Waals surface area contributed by atoms with Crippen LogP contribution < -0.4 is 4.72 Å². The fraction of sp³-hybridized carbons (Fsp3) is 0.364. The minimum Gasteiger partial charge on any atom is -0.481 e. The van der Waals surface area contributed by atoms with Crippen molar-refractivity contribution in [1.29, 1.82) is 0 Å². The molecule has 1 unspecified atom stereocenters. The summed E-state index contributed by atoms with van der Waals surface area (Å²) < 4.78 is 31.9. The van der Waals surface area contributed by atoms with Gasteiger partial charge in [-0.15, -0.1) is 0 Å². The Morgan fingerprint density at radius 1 is 1.55 bits per heavy atom. The predicted molar refractivity (Wildman–Crippen MR) is 77.4 cm³/mol. The van der Waals surface area contributed by atoms with Crippen LogP contribution in [0, 0.1) is 0 Å². The summed E-state index contributed by atoms with van der Waals surface area (Å²) in [6.45, 7) is -0.155. The molecule has 6 nitrogen and oxygen atoms in total. The Bertz CT molecular complexity index is 592. The van der Waals surface area contributed by atoms with Gasteiger partial charge in [-0.2, -0.15) is 0 Å². The SMILES string of the molecule is COC(CNS(=O)(=O)c1ccc(Br)cc1Cl)CC(=O)O. The molecule has 20 heavy (non-hydrogen) atoms. The third-order valence-electron chi connectivity index (χ3n) is 2.42. The van der Waals surface area contributed by atoms with Crippen LogP contribution >= 0.6 is 27.5 Å². The van der Waals surface area contributed by atoms with E-state index < -0.39 is 22.1 Å². The third-order valence-corrected chi connectivity index (χ3v) is 4.82. The second-order valence-corrected chi connectivity index (χ2v) is 6.94. The normalized spacial score (nSPS) is 13.2. The number of sulfonamides is 1. The maximum Gasteiger partial charge on any atom is 0.306 e. The first-order valence-electron chi connectivity index (χ1n) is 5.45. The Kier molecular flexibility index (Phi) is 6.41. The Labute approximate surface area is 130 Å². The molecule has 9 heteroatoms. The number of nitrogens with one attached hydrogen (secondary N) is 1. The topological polar surface area (TPSA) is 92.7 Å². The largest absolute Gasteiger partial charge is 0.481 e. The summed E-state index contributed by atoms with van der Waals surface area (Å²) in [5.41, 5.74) is 0. The van der Waals surface area contributed by atoms with Crippen molar-refractivity contribution in [2.75, 3.05) is 13.7 Å². The van der Waals surface area contributed by atoms with Crippen LogP contribution in [0.2, 0.25) is 5.02 Å². The van der Waals surface area contributed by atoms with Gasteiger partial charge in [0.2, 0.25) is 10.0 Å². The number of rotatable bonds is 7. The third kappa shape index (κ3) is 5.02. The van der Waals surface area contributed by atoms with E-state index in [9.17, 15) is 13.2 Å². The van der Waals surface area contributed by atoms with E-state index in [1.807, 2.05) is 0 Å². The predicted octanol–water partition coefficient (Wildman–Crippen LogP) is 1.87. The van der Waals surface area contributed by atoms with Gasteiger partial charge in [0.15, 0.2) is 0 Å². The van der Waals surface area contributed by atoms with Gasteiger partial charge in [-0.3, -0.25) is 4.79 Å². The average molecular weight is 387 g/mol. The Morgan fingerprint density at radius 3 is 2.70 bits per heavy atom. The van der Waals surface area contributed by atoms with E-state index in [1.54, 1.807) is 6.07 Å². The number of methoxy groups -OCH3 is 1. The smallest absolute Gasteiger partial charge is 0.306 e. The summed E-state index contributed by atoms with van der Waals surface area (Å²) in [5.74, 6) is -1.07. The van der Waals surface area contributed by atoms with E-state index in [0.717, 1.165) is 0 Å². The molecule has 1 atom stereocenters. The van der Waals surface area contributed by atoms with Crippen LogP contribution in [-0.4, -0.2) is 39.3 Å². The molecule has 0 saturated carbocycles. The van der Waals surface area contributed by atoms with E-state index >= 15 is 0 Å². The van der Waals surface area contributed by atoms with Crippen molar-refractivity contribution in [2.45, 2.75) is 17.4 Å². The molecular weight excluding hydrogens is 374 g/mol. The molecule has 0 aliphatic heterocycles. The maximum absolute atomic E-state index is 12.1. The molecule has 0 saturated heterocycles. The van der Waals surface area contributed by atoms with Gasteiger partial charge in [0, 0.05) is 18.1 Å². The molecule has 0 aliphatic carbocycles.